The molecule has 0 aliphatic rings. The number of hydrogen-bond acceptors (Lipinski definition) is 4. The summed E-state index contributed by atoms with van der Waals surface area (Å²) in [4.78, 5) is 8.46. The summed E-state index contributed by atoms with van der Waals surface area (Å²) >= 11 is 0. The van der Waals surface area contributed by atoms with Crippen LogP contribution >= 0.6 is 0 Å². The van der Waals surface area contributed by atoms with Crippen LogP contribution in [0.4, 0.5) is 14.6 Å². The van der Waals surface area contributed by atoms with Gasteiger partial charge in [0.05, 0.1) is 0 Å². The van der Waals surface area contributed by atoms with Gasteiger partial charge in [-0.15, -0.1) is 0 Å². The summed E-state index contributed by atoms with van der Waals surface area (Å²) in [5, 5.41) is 0. The molecule has 0 saturated heterocycles. The van der Waals surface area contributed by atoms with Crippen molar-refractivity contribution in [1.29, 1.82) is 0 Å². The molecule has 0 bridgehead atoms. The number of halogens is 2. The number of aromatic nitrogens is 2. The number of nitrogens with two attached hydrogens (primary N) is 1. The second kappa shape index (κ2) is 5.27. The second-order valence-corrected chi connectivity index (χ2v) is 4.12. The molecule has 19 heavy (non-hydrogen) atoms. The number of benzene rings is 1. The Kier molecular flexibility index (Phi) is 3.71. The van der Waals surface area contributed by atoms with Crippen LogP contribution in [0.5, 0.6) is 0 Å². The summed E-state index contributed by atoms with van der Waals surface area (Å²) in [7, 11) is 0. The van der Waals surface area contributed by atoms with Gasteiger partial charge in [-0.25, -0.2) is 24.6 Å². The average molecular weight is 264 g/mol. The molecule has 6 heteroatoms. The Bertz CT molecular complexity index is 594. The first kappa shape index (κ1) is 13.4. The summed E-state index contributed by atoms with van der Waals surface area (Å²) in [6, 6.07) is 3.17. The number of nitrogen functional groups attached to an aromatic ring is 1. The second-order valence-electron chi connectivity index (χ2n) is 4.12. The van der Waals surface area contributed by atoms with E-state index in [9.17, 15) is 8.78 Å². The number of anilines is 1. The van der Waals surface area contributed by atoms with Gasteiger partial charge in [-0.05, 0) is 25.5 Å². The molecular formula is C13H14F2N4. The van der Waals surface area contributed by atoms with Gasteiger partial charge in [0, 0.05) is 22.9 Å². The van der Waals surface area contributed by atoms with Crippen molar-refractivity contribution < 1.29 is 8.78 Å². The number of nitrogens with one attached hydrogen (secondary N) is 1. The minimum atomic E-state index is -0.668. The number of aryl methyl sites for hydroxylation is 1. The predicted molar refractivity (Wildman–Crippen MR) is 69.3 cm³/mol. The van der Waals surface area contributed by atoms with Crippen molar-refractivity contribution in [3.05, 3.63) is 41.1 Å². The minimum absolute atomic E-state index is 0.237. The fraction of sp³-hybridized carbons (Fsp3) is 0.231. The molecule has 4 nitrogen and oxygen atoms in total. The van der Waals surface area contributed by atoms with Crippen molar-refractivity contribution in [3.8, 4) is 11.4 Å². The number of hydrazine groups is 1. The van der Waals surface area contributed by atoms with Gasteiger partial charge in [-0.3, -0.25) is 0 Å². The fourth-order valence-electron chi connectivity index (χ4n) is 1.95. The molecule has 1 heterocycles. The molecule has 0 aliphatic heterocycles. The molecule has 100 valence electrons. The largest absolute Gasteiger partial charge is 0.308 e. The van der Waals surface area contributed by atoms with Crippen LogP contribution in [0.25, 0.3) is 11.4 Å². The molecule has 2 rings (SSSR count). The van der Waals surface area contributed by atoms with Gasteiger partial charge in [0.25, 0.3) is 0 Å². The SMILES string of the molecule is CCc1c(C)nc(-c2cc(F)cc(F)c2)nc1NN. The van der Waals surface area contributed by atoms with E-state index in [4.69, 9.17) is 5.84 Å². The third-order valence-corrected chi connectivity index (χ3v) is 2.82. The average Bonchev–Trinajstić information content (AvgIpc) is 2.36. The van der Waals surface area contributed by atoms with E-state index in [1.54, 1.807) is 6.92 Å². The van der Waals surface area contributed by atoms with E-state index >= 15 is 0 Å². The van der Waals surface area contributed by atoms with Crippen LogP contribution in [0.3, 0.4) is 0 Å². The summed E-state index contributed by atoms with van der Waals surface area (Å²) in [5.74, 6) is 4.78. The Balaban J connectivity index is 2.59. The molecular weight excluding hydrogens is 250 g/mol. The van der Waals surface area contributed by atoms with Gasteiger partial charge in [0.2, 0.25) is 0 Å². The van der Waals surface area contributed by atoms with Crippen molar-refractivity contribution in [2.75, 3.05) is 5.43 Å². The van der Waals surface area contributed by atoms with Crippen molar-refractivity contribution in [1.82, 2.24) is 9.97 Å². The monoisotopic (exact) mass is 264 g/mol. The van der Waals surface area contributed by atoms with E-state index < -0.39 is 11.6 Å². The maximum Gasteiger partial charge on any atom is 0.162 e. The van der Waals surface area contributed by atoms with Gasteiger partial charge >= 0.3 is 0 Å². The Hall–Kier alpha value is -2.08. The van der Waals surface area contributed by atoms with Crippen molar-refractivity contribution in [3.63, 3.8) is 0 Å². The van der Waals surface area contributed by atoms with Crippen molar-refractivity contribution >= 4 is 5.82 Å². The topological polar surface area (TPSA) is 63.8 Å². The first-order chi connectivity index (χ1) is 9.05. The van der Waals surface area contributed by atoms with Gasteiger partial charge in [0.1, 0.15) is 17.5 Å². The minimum Gasteiger partial charge on any atom is -0.308 e. The zero-order valence-electron chi connectivity index (χ0n) is 10.7. The standard InChI is InChI=1S/C13H14F2N4/c1-3-11-7(2)17-12(18-13(11)19-16)8-4-9(14)6-10(15)5-8/h4-6H,3,16H2,1-2H3,(H,17,18,19). The van der Waals surface area contributed by atoms with E-state index in [2.05, 4.69) is 15.4 Å². The highest BCUT2D eigenvalue weighted by Gasteiger charge is 2.12. The third-order valence-electron chi connectivity index (χ3n) is 2.82. The summed E-state index contributed by atoms with van der Waals surface area (Å²) in [5.41, 5.74) is 4.37. The highest BCUT2D eigenvalue weighted by molar-refractivity contribution is 5.59. The number of nitrogens with zero attached hydrogens (tertiary/aromatic N) is 2. The lowest BCUT2D eigenvalue weighted by Crippen LogP contribution is -2.13. The molecule has 0 aliphatic carbocycles. The molecule has 3 N–H and O–H groups in total. The molecule has 0 fully saturated rings. The molecule has 0 unspecified atom stereocenters. The van der Waals surface area contributed by atoms with Gasteiger partial charge in [-0.1, -0.05) is 6.92 Å². The zero-order chi connectivity index (χ0) is 14.0. The van der Waals surface area contributed by atoms with Crippen LogP contribution in [0.2, 0.25) is 0 Å². The quantitative estimate of drug-likeness (QED) is 0.660. The molecule has 0 amide bonds. The number of rotatable bonds is 3. The van der Waals surface area contributed by atoms with Gasteiger partial charge < -0.3 is 5.43 Å². The van der Waals surface area contributed by atoms with E-state index in [0.717, 1.165) is 17.3 Å². The molecule has 2 aromatic rings. The van der Waals surface area contributed by atoms with Crippen LogP contribution in [-0.4, -0.2) is 9.97 Å². The van der Waals surface area contributed by atoms with Crippen LogP contribution < -0.4 is 11.3 Å². The zero-order valence-corrected chi connectivity index (χ0v) is 10.7. The Morgan fingerprint density at radius 3 is 2.32 bits per heavy atom. The first-order valence-electron chi connectivity index (χ1n) is 5.85. The highest BCUT2D eigenvalue weighted by Crippen LogP contribution is 2.23. The lowest BCUT2D eigenvalue weighted by atomic mass is 10.1. The van der Waals surface area contributed by atoms with E-state index in [1.807, 2.05) is 6.92 Å². The molecule has 0 saturated carbocycles. The highest BCUT2D eigenvalue weighted by atomic mass is 19.1. The third kappa shape index (κ3) is 2.68. The Labute approximate surface area is 109 Å². The van der Waals surface area contributed by atoms with Gasteiger partial charge in [-0.2, -0.15) is 0 Å². The maximum atomic E-state index is 13.2. The van der Waals surface area contributed by atoms with E-state index in [-0.39, 0.29) is 11.4 Å². The molecule has 0 atom stereocenters. The lowest BCUT2D eigenvalue weighted by molar-refractivity contribution is 0.584. The Morgan fingerprint density at radius 1 is 1.16 bits per heavy atom. The summed E-state index contributed by atoms with van der Waals surface area (Å²) in [6.45, 7) is 3.76. The van der Waals surface area contributed by atoms with Gasteiger partial charge in [0.15, 0.2) is 5.82 Å². The molecule has 0 radical (unpaired) electrons. The summed E-state index contributed by atoms with van der Waals surface area (Å²) in [6.07, 6.45) is 0.711. The molecule has 1 aromatic heterocycles. The summed E-state index contributed by atoms with van der Waals surface area (Å²) < 4.78 is 26.4. The van der Waals surface area contributed by atoms with Crippen LogP contribution in [0, 0.1) is 18.6 Å². The van der Waals surface area contributed by atoms with Crippen molar-refractivity contribution in [2.45, 2.75) is 20.3 Å². The molecule has 0 spiro atoms. The normalized spacial score (nSPS) is 10.6. The van der Waals surface area contributed by atoms with Crippen LogP contribution in [-0.2, 0) is 6.42 Å². The maximum absolute atomic E-state index is 13.2. The Morgan fingerprint density at radius 2 is 1.79 bits per heavy atom. The predicted octanol–water partition coefficient (Wildman–Crippen LogP) is 2.58. The number of hydrogen-bond donors (Lipinski definition) is 2. The van der Waals surface area contributed by atoms with Crippen LogP contribution in [0.15, 0.2) is 18.2 Å². The smallest absolute Gasteiger partial charge is 0.162 e. The van der Waals surface area contributed by atoms with E-state index in [0.29, 0.717) is 12.2 Å². The lowest BCUT2D eigenvalue weighted by Gasteiger charge is -2.11. The first-order valence-corrected chi connectivity index (χ1v) is 5.85. The van der Waals surface area contributed by atoms with Crippen molar-refractivity contribution in [2.24, 2.45) is 5.84 Å². The van der Waals surface area contributed by atoms with E-state index in [1.165, 1.54) is 12.1 Å². The van der Waals surface area contributed by atoms with Crippen LogP contribution in [0.1, 0.15) is 18.2 Å². The fourth-order valence-corrected chi connectivity index (χ4v) is 1.95. The molecule has 1 aromatic carbocycles.